The molecule has 94 valence electrons. The van der Waals surface area contributed by atoms with Crippen molar-refractivity contribution in [2.45, 2.75) is 32.7 Å². The van der Waals surface area contributed by atoms with Crippen molar-refractivity contribution < 1.29 is 9.53 Å². The van der Waals surface area contributed by atoms with E-state index in [0.717, 1.165) is 32.6 Å². The molecule has 16 heavy (non-hydrogen) atoms. The highest BCUT2D eigenvalue weighted by atomic mass is 16.5. The number of hydrogen-bond acceptors (Lipinski definition) is 3. The van der Waals surface area contributed by atoms with Crippen molar-refractivity contribution in [1.82, 2.24) is 4.90 Å². The Morgan fingerprint density at radius 1 is 1.56 bits per heavy atom. The van der Waals surface area contributed by atoms with Crippen LogP contribution in [0.1, 0.15) is 26.7 Å². The maximum Gasteiger partial charge on any atom is 0.239 e. The van der Waals surface area contributed by atoms with Gasteiger partial charge in [-0.25, -0.2) is 0 Å². The third-order valence-electron chi connectivity index (χ3n) is 2.97. The minimum Gasteiger partial charge on any atom is -0.381 e. The molecular formula is C12H24N2O2. The van der Waals surface area contributed by atoms with Gasteiger partial charge in [-0.15, -0.1) is 0 Å². The highest BCUT2D eigenvalue weighted by Gasteiger charge is 2.23. The molecule has 0 spiro atoms. The van der Waals surface area contributed by atoms with E-state index in [1.165, 1.54) is 0 Å². The zero-order chi connectivity index (χ0) is 12.1. The van der Waals surface area contributed by atoms with Crippen LogP contribution in [-0.4, -0.2) is 43.7 Å². The van der Waals surface area contributed by atoms with E-state index in [9.17, 15) is 4.79 Å². The lowest BCUT2D eigenvalue weighted by Gasteiger charge is -2.24. The summed E-state index contributed by atoms with van der Waals surface area (Å²) in [5, 5.41) is 0. The molecule has 0 bridgehead atoms. The Bertz CT molecular complexity index is 225. The Kier molecular flexibility index (Phi) is 5.22. The Morgan fingerprint density at radius 2 is 2.25 bits per heavy atom. The van der Waals surface area contributed by atoms with Crippen molar-refractivity contribution in [3.8, 4) is 0 Å². The average Bonchev–Trinajstić information content (AvgIpc) is 2.68. The van der Waals surface area contributed by atoms with E-state index in [-0.39, 0.29) is 11.9 Å². The van der Waals surface area contributed by atoms with Crippen LogP contribution in [-0.2, 0) is 9.53 Å². The van der Waals surface area contributed by atoms with Crippen molar-refractivity contribution in [3.63, 3.8) is 0 Å². The lowest BCUT2D eigenvalue weighted by molar-refractivity contribution is -0.132. The van der Waals surface area contributed by atoms with E-state index in [1.807, 2.05) is 7.05 Å². The number of carbonyl (C=O) groups is 1. The topological polar surface area (TPSA) is 55.6 Å². The van der Waals surface area contributed by atoms with E-state index >= 15 is 0 Å². The van der Waals surface area contributed by atoms with Gasteiger partial charge in [-0.2, -0.15) is 0 Å². The predicted octanol–water partition coefficient (Wildman–Crippen LogP) is 0.855. The van der Waals surface area contributed by atoms with Crippen LogP contribution in [0.2, 0.25) is 0 Å². The highest BCUT2D eigenvalue weighted by Crippen LogP contribution is 2.14. The quantitative estimate of drug-likeness (QED) is 0.759. The van der Waals surface area contributed by atoms with Gasteiger partial charge in [-0.05, 0) is 18.8 Å². The minimum atomic E-state index is -0.354. The fourth-order valence-corrected chi connectivity index (χ4v) is 2.10. The molecule has 0 saturated carbocycles. The molecule has 1 heterocycles. The lowest BCUT2D eigenvalue weighted by atomic mass is 10.0. The SMILES string of the molecule is CC(C)C[C@H](N)C(=O)N(C)CC1CCOC1. The monoisotopic (exact) mass is 228 g/mol. The number of likely N-dealkylation sites (N-methyl/N-ethyl adjacent to an activating group) is 1. The van der Waals surface area contributed by atoms with Crippen LogP contribution in [0.15, 0.2) is 0 Å². The summed E-state index contributed by atoms with van der Waals surface area (Å²) < 4.78 is 5.29. The number of carbonyl (C=O) groups excluding carboxylic acids is 1. The maximum absolute atomic E-state index is 11.9. The van der Waals surface area contributed by atoms with Crippen LogP contribution in [0.25, 0.3) is 0 Å². The zero-order valence-corrected chi connectivity index (χ0v) is 10.6. The van der Waals surface area contributed by atoms with Crippen LogP contribution in [0.3, 0.4) is 0 Å². The first kappa shape index (κ1) is 13.5. The molecule has 1 aliphatic heterocycles. The molecule has 1 aliphatic rings. The minimum absolute atomic E-state index is 0.0561. The molecule has 0 aromatic rings. The molecule has 0 aromatic heterocycles. The molecule has 4 heteroatoms. The van der Waals surface area contributed by atoms with Gasteiger partial charge in [-0.1, -0.05) is 13.8 Å². The molecule has 0 aromatic carbocycles. The van der Waals surface area contributed by atoms with Crippen LogP contribution in [0.4, 0.5) is 0 Å². The lowest BCUT2D eigenvalue weighted by Crippen LogP contribution is -2.44. The number of amides is 1. The Labute approximate surface area is 98.1 Å². The van der Waals surface area contributed by atoms with Crippen LogP contribution in [0.5, 0.6) is 0 Å². The molecule has 4 nitrogen and oxygen atoms in total. The second-order valence-electron chi connectivity index (χ2n) is 5.18. The summed E-state index contributed by atoms with van der Waals surface area (Å²) >= 11 is 0. The summed E-state index contributed by atoms with van der Waals surface area (Å²) in [4.78, 5) is 13.7. The first-order valence-electron chi connectivity index (χ1n) is 6.09. The molecule has 1 amide bonds. The average molecular weight is 228 g/mol. The summed E-state index contributed by atoms with van der Waals surface area (Å²) in [6, 6.07) is -0.354. The largest absolute Gasteiger partial charge is 0.381 e. The molecule has 0 radical (unpaired) electrons. The molecule has 1 saturated heterocycles. The smallest absolute Gasteiger partial charge is 0.239 e. The van der Waals surface area contributed by atoms with Gasteiger partial charge in [0.1, 0.15) is 0 Å². The van der Waals surface area contributed by atoms with Gasteiger partial charge < -0.3 is 15.4 Å². The van der Waals surface area contributed by atoms with E-state index < -0.39 is 0 Å². The van der Waals surface area contributed by atoms with Gasteiger partial charge in [0.05, 0.1) is 12.6 Å². The number of ether oxygens (including phenoxy) is 1. The van der Waals surface area contributed by atoms with Gasteiger partial charge in [0, 0.05) is 26.1 Å². The first-order valence-corrected chi connectivity index (χ1v) is 6.09. The normalized spacial score (nSPS) is 22.4. The van der Waals surface area contributed by atoms with Gasteiger partial charge in [-0.3, -0.25) is 4.79 Å². The van der Waals surface area contributed by atoms with E-state index in [1.54, 1.807) is 4.90 Å². The van der Waals surface area contributed by atoms with Crippen LogP contribution < -0.4 is 5.73 Å². The van der Waals surface area contributed by atoms with E-state index in [2.05, 4.69) is 13.8 Å². The number of nitrogens with zero attached hydrogens (tertiary/aromatic N) is 1. The van der Waals surface area contributed by atoms with E-state index in [0.29, 0.717) is 11.8 Å². The van der Waals surface area contributed by atoms with Crippen molar-refractivity contribution in [3.05, 3.63) is 0 Å². The molecule has 2 N–H and O–H groups in total. The highest BCUT2D eigenvalue weighted by molar-refractivity contribution is 5.81. The molecule has 0 aliphatic carbocycles. The molecule has 1 unspecified atom stereocenters. The number of nitrogens with two attached hydrogens (primary N) is 1. The van der Waals surface area contributed by atoms with Crippen molar-refractivity contribution >= 4 is 5.91 Å². The Balaban J connectivity index is 2.33. The Morgan fingerprint density at radius 3 is 2.75 bits per heavy atom. The standard InChI is InChI=1S/C12H24N2O2/c1-9(2)6-11(13)12(15)14(3)7-10-4-5-16-8-10/h9-11H,4-8,13H2,1-3H3/t10?,11-/m0/s1. The summed E-state index contributed by atoms with van der Waals surface area (Å²) in [6.07, 6.45) is 1.81. The van der Waals surface area contributed by atoms with Crippen LogP contribution in [0, 0.1) is 11.8 Å². The Hall–Kier alpha value is -0.610. The van der Waals surface area contributed by atoms with E-state index in [4.69, 9.17) is 10.5 Å². The van der Waals surface area contributed by atoms with Gasteiger partial charge >= 0.3 is 0 Å². The predicted molar refractivity (Wildman–Crippen MR) is 64.0 cm³/mol. The van der Waals surface area contributed by atoms with Gasteiger partial charge in [0.15, 0.2) is 0 Å². The maximum atomic E-state index is 11.9. The number of rotatable bonds is 5. The van der Waals surface area contributed by atoms with Gasteiger partial charge in [0.2, 0.25) is 5.91 Å². The fraction of sp³-hybridized carbons (Fsp3) is 0.917. The van der Waals surface area contributed by atoms with Gasteiger partial charge in [0.25, 0.3) is 0 Å². The second-order valence-corrected chi connectivity index (χ2v) is 5.18. The van der Waals surface area contributed by atoms with Crippen molar-refractivity contribution in [2.75, 3.05) is 26.8 Å². The zero-order valence-electron chi connectivity index (χ0n) is 10.6. The number of hydrogen-bond donors (Lipinski definition) is 1. The second kappa shape index (κ2) is 6.21. The molecular weight excluding hydrogens is 204 g/mol. The summed E-state index contributed by atoms with van der Waals surface area (Å²) in [5.41, 5.74) is 5.87. The summed E-state index contributed by atoms with van der Waals surface area (Å²) in [7, 11) is 1.83. The van der Waals surface area contributed by atoms with Crippen molar-refractivity contribution in [1.29, 1.82) is 0 Å². The molecule has 2 atom stereocenters. The summed E-state index contributed by atoms with van der Waals surface area (Å²) in [5.74, 6) is 1.00. The summed E-state index contributed by atoms with van der Waals surface area (Å²) in [6.45, 7) is 6.53. The fourth-order valence-electron chi connectivity index (χ4n) is 2.10. The molecule has 1 rings (SSSR count). The third-order valence-corrected chi connectivity index (χ3v) is 2.97. The molecule has 1 fully saturated rings. The first-order chi connectivity index (χ1) is 7.50. The van der Waals surface area contributed by atoms with Crippen molar-refractivity contribution in [2.24, 2.45) is 17.6 Å². The van der Waals surface area contributed by atoms with Crippen LogP contribution >= 0.6 is 0 Å². The third kappa shape index (κ3) is 4.10.